The summed E-state index contributed by atoms with van der Waals surface area (Å²) in [5.74, 6) is 0. The zero-order valence-corrected chi connectivity index (χ0v) is 25.0. The molecule has 0 aromatic heterocycles. The molecule has 45 heavy (non-hydrogen) atoms. The molecular weight excluding hydrogens is 542 g/mol. The van der Waals surface area contributed by atoms with E-state index >= 15 is 0 Å². The van der Waals surface area contributed by atoms with Crippen molar-refractivity contribution in [1.82, 2.24) is 0 Å². The Hall–Kier alpha value is -5.92. The van der Waals surface area contributed by atoms with Crippen LogP contribution in [0.15, 0.2) is 188 Å². The van der Waals surface area contributed by atoms with Gasteiger partial charge < -0.3 is 4.90 Å². The van der Waals surface area contributed by atoms with Gasteiger partial charge in [-0.25, -0.2) is 0 Å². The van der Waals surface area contributed by atoms with Crippen LogP contribution in [0.2, 0.25) is 0 Å². The van der Waals surface area contributed by atoms with Crippen LogP contribution in [0.5, 0.6) is 0 Å². The number of fused-ring (bicyclic) bond motifs is 2. The quantitative estimate of drug-likeness (QED) is 0.163. The highest BCUT2D eigenvalue weighted by molar-refractivity contribution is 6.05. The topological polar surface area (TPSA) is 3.24 Å². The lowest BCUT2D eigenvalue weighted by atomic mass is 9.97. The number of rotatable bonds is 8. The van der Waals surface area contributed by atoms with Crippen molar-refractivity contribution in [3.63, 3.8) is 0 Å². The molecular formula is C44H33N. The van der Waals surface area contributed by atoms with Crippen LogP contribution in [0.25, 0.3) is 39.3 Å². The summed E-state index contributed by atoms with van der Waals surface area (Å²) in [6, 6.07) is 60.1. The van der Waals surface area contributed by atoms with Gasteiger partial charge in [0.2, 0.25) is 0 Å². The molecule has 214 valence electrons. The fraction of sp³-hybridized carbons (Fsp3) is 0. The Morgan fingerprint density at radius 2 is 0.933 bits per heavy atom. The van der Waals surface area contributed by atoms with E-state index in [0.717, 1.165) is 16.9 Å². The molecule has 0 amide bonds. The molecule has 0 aliphatic rings. The van der Waals surface area contributed by atoms with E-state index in [-0.39, 0.29) is 0 Å². The number of hydrogen-bond donors (Lipinski definition) is 0. The average molecular weight is 576 g/mol. The fourth-order valence-electron chi connectivity index (χ4n) is 5.92. The lowest BCUT2D eigenvalue weighted by molar-refractivity contribution is 1.31. The first-order valence-corrected chi connectivity index (χ1v) is 15.4. The van der Waals surface area contributed by atoms with Crippen LogP contribution < -0.4 is 4.90 Å². The summed E-state index contributed by atoms with van der Waals surface area (Å²) in [5, 5.41) is 4.81. The zero-order valence-electron chi connectivity index (χ0n) is 25.0. The van der Waals surface area contributed by atoms with Gasteiger partial charge in [-0.3, -0.25) is 0 Å². The molecule has 0 heterocycles. The molecule has 0 unspecified atom stereocenters. The molecule has 7 rings (SSSR count). The highest BCUT2D eigenvalue weighted by Crippen LogP contribution is 2.40. The summed E-state index contributed by atoms with van der Waals surface area (Å²) in [6.07, 6.45) is 10.9. The molecule has 7 aromatic carbocycles. The van der Waals surface area contributed by atoms with Gasteiger partial charge in [-0.2, -0.15) is 0 Å². The highest BCUT2D eigenvalue weighted by Gasteiger charge is 2.17. The first kappa shape index (κ1) is 27.9. The minimum atomic E-state index is 1.13. The van der Waals surface area contributed by atoms with Crippen molar-refractivity contribution in [2.75, 3.05) is 4.90 Å². The predicted molar refractivity (Wildman–Crippen MR) is 195 cm³/mol. The van der Waals surface area contributed by atoms with Crippen LogP contribution >= 0.6 is 0 Å². The van der Waals surface area contributed by atoms with Gasteiger partial charge >= 0.3 is 0 Å². The van der Waals surface area contributed by atoms with E-state index in [2.05, 4.69) is 199 Å². The Morgan fingerprint density at radius 1 is 0.400 bits per heavy atom. The van der Waals surface area contributed by atoms with E-state index in [4.69, 9.17) is 0 Å². The summed E-state index contributed by atoms with van der Waals surface area (Å²) >= 11 is 0. The van der Waals surface area contributed by atoms with Gasteiger partial charge in [0.25, 0.3) is 0 Å². The number of anilines is 2. The van der Waals surface area contributed by atoms with Crippen molar-refractivity contribution in [3.8, 4) is 0 Å². The molecule has 1 heteroatoms. The highest BCUT2D eigenvalue weighted by atomic mass is 15.1. The Bertz CT molecular complexity index is 2090. The lowest BCUT2D eigenvalue weighted by Gasteiger charge is -2.26. The lowest BCUT2D eigenvalue weighted by Crippen LogP contribution is -2.11. The van der Waals surface area contributed by atoms with Crippen molar-refractivity contribution in [2.45, 2.75) is 0 Å². The maximum Gasteiger partial charge on any atom is 0.0534 e. The smallest absolute Gasteiger partial charge is 0.0534 e. The second-order valence-electron chi connectivity index (χ2n) is 11.0. The van der Waals surface area contributed by atoms with E-state index < -0.39 is 0 Å². The third-order valence-corrected chi connectivity index (χ3v) is 8.12. The maximum atomic E-state index is 2.38. The van der Waals surface area contributed by atoms with Crippen LogP contribution in [0.1, 0.15) is 22.3 Å². The van der Waals surface area contributed by atoms with Crippen LogP contribution in [-0.4, -0.2) is 0 Å². The van der Waals surface area contributed by atoms with E-state index in [0.29, 0.717) is 0 Å². The number of allylic oxidation sites excluding steroid dienone is 2. The summed E-state index contributed by atoms with van der Waals surface area (Å²) < 4.78 is 0. The summed E-state index contributed by atoms with van der Waals surface area (Å²) in [6.45, 7) is 0. The number of benzene rings is 7. The molecule has 0 atom stereocenters. The van der Waals surface area contributed by atoms with Crippen molar-refractivity contribution < 1.29 is 0 Å². The molecule has 0 bridgehead atoms. The molecule has 0 aliphatic heterocycles. The molecule has 0 spiro atoms. The van der Waals surface area contributed by atoms with Crippen molar-refractivity contribution >= 4 is 50.6 Å². The summed E-state index contributed by atoms with van der Waals surface area (Å²) in [5.41, 5.74) is 8.13. The SMILES string of the molecule is C(C=Cc1ccc(N(C=C(c2ccccc2)c2ccccc2)c2cccc3ccccc23)c2ccccc12)=Cc1ccccc1. The molecule has 0 saturated heterocycles. The van der Waals surface area contributed by atoms with Gasteiger partial charge in [-0.15, -0.1) is 0 Å². The Morgan fingerprint density at radius 3 is 1.64 bits per heavy atom. The first-order valence-electron chi connectivity index (χ1n) is 15.4. The molecule has 0 fully saturated rings. The Labute approximate surface area is 265 Å². The summed E-state index contributed by atoms with van der Waals surface area (Å²) in [4.78, 5) is 2.38. The Kier molecular flexibility index (Phi) is 8.15. The van der Waals surface area contributed by atoms with Gasteiger partial charge in [0.15, 0.2) is 0 Å². The van der Waals surface area contributed by atoms with E-state index in [1.54, 1.807) is 0 Å². The van der Waals surface area contributed by atoms with Crippen LogP contribution in [-0.2, 0) is 0 Å². The monoisotopic (exact) mass is 575 g/mol. The van der Waals surface area contributed by atoms with Crippen molar-refractivity contribution in [3.05, 3.63) is 210 Å². The van der Waals surface area contributed by atoms with E-state index in [1.165, 1.54) is 43.8 Å². The molecule has 0 aliphatic carbocycles. The zero-order chi connectivity index (χ0) is 30.3. The maximum absolute atomic E-state index is 2.38. The van der Waals surface area contributed by atoms with Crippen LogP contribution in [0.3, 0.4) is 0 Å². The molecule has 1 nitrogen and oxygen atoms in total. The third kappa shape index (κ3) is 6.11. The third-order valence-electron chi connectivity index (χ3n) is 8.12. The second-order valence-corrected chi connectivity index (χ2v) is 11.0. The van der Waals surface area contributed by atoms with E-state index in [1.807, 2.05) is 6.07 Å². The normalized spacial score (nSPS) is 11.4. The molecule has 7 aromatic rings. The van der Waals surface area contributed by atoms with Crippen LogP contribution in [0, 0.1) is 0 Å². The van der Waals surface area contributed by atoms with Gasteiger partial charge in [0.1, 0.15) is 0 Å². The largest absolute Gasteiger partial charge is 0.315 e. The Balaban J connectivity index is 1.42. The van der Waals surface area contributed by atoms with Gasteiger partial charge in [-0.1, -0.05) is 182 Å². The predicted octanol–water partition coefficient (Wildman–Crippen LogP) is 11.9. The standard InChI is InChI=1S/C44H33N/c1-4-17-34(18-5-1)19-10-11-25-38-31-32-44(41-29-15-14-27-39(38)41)45(43-30-16-26-35-24-12-13-28-40(35)43)33-42(36-20-6-2-7-21-36)37-22-8-3-9-23-37/h1-33H. The summed E-state index contributed by atoms with van der Waals surface area (Å²) in [7, 11) is 0. The number of hydrogen-bond acceptors (Lipinski definition) is 1. The average Bonchev–Trinajstić information content (AvgIpc) is 3.12. The van der Waals surface area contributed by atoms with Crippen LogP contribution in [0.4, 0.5) is 11.4 Å². The van der Waals surface area contributed by atoms with Gasteiger partial charge in [0.05, 0.1) is 11.4 Å². The fourth-order valence-corrected chi connectivity index (χ4v) is 5.92. The molecule has 0 N–H and O–H groups in total. The minimum Gasteiger partial charge on any atom is -0.315 e. The second kappa shape index (κ2) is 13.2. The van der Waals surface area contributed by atoms with Crippen molar-refractivity contribution in [2.24, 2.45) is 0 Å². The van der Waals surface area contributed by atoms with E-state index in [9.17, 15) is 0 Å². The van der Waals surface area contributed by atoms with Gasteiger partial charge in [0, 0.05) is 22.5 Å². The van der Waals surface area contributed by atoms with Gasteiger partial charge in [-0.05, 0) is 45.2 Å². The minimum absolute atomic E-state index is 1.13. The molecule has 0 saturated carbocycles. The van der Waals surface area contributed by atoms with Crippen molar-refractivity contribution in [1.29, 1.82) is 0 Å². The molecule has 0 radical (unpaired) electrons. The first-order chi connectivity index (χ1) is 22.3. The number of nitrogens with zero attached hydrogens (tertiary/aromatic N) is 1.